The van der Waals surface area contributed by atoms with Gasteiger partial charge in [-0.1, -0.05) is 31.4 Å². The first-order chi connectivity index (χ1) is 12.2. The Balaban J connectivity index is 1.74. The summed E-state index contributed by atoms with van der Waals surface area (Å²) in [5.74, 6) is 1.26. The molecule has 1 saturated carbocycles. The van der Waals surface area contributed by atoms with Gasteiger partial charge in [0.1, 0.15) is 18.8 Å². The van der Waals surface area contributed by atoms with E-state index in [-0.39, 0.29) is 0 Å². The van der Waals surface area contributed by atoms with Gasteiger partial charge in [0.15, 0.2) is 0 Å². The number of aliphatic hydroxyl groups is 1. The van der Waals surface area contributed by atoms with Crippen molar-refractivity contribution in [2.24, 2.45) is 5.92 Å². The Kier molecular flexibility index (Phi) is 6.74. The van der Waals surface area contributed by atoms with E-state index in [1.54, 1.807) is 4.90 Å². The number of hydrogen-bond donors (Lipinski definition) is 2. The average Bonchev–Trinajstić information content (AvgIpc) is 2.68. The molecule has 4 nitrogen and oxygen atoms in total. The van der Waals surface area contributed by atoms with Crippen LogP contribution in [0.5, 0.6) is 5.75 Å². The van der Waals surface area contributed by atoms with Crippen molar-refractivity contribution >= 4 is 0 Å². The second kappa shape index (κ2) is 9.02. The quantitative estimate of drug-likeness (QED) is 0.794. The Bertz CT molecular complexity index is 506. The van der Waals surface area contributed by atoms with Crippen LogP contribution in [0.15, 0.2) is 24.3 Å². The summed E-state index contributed by atoms with van der Waals surface area (Å²) in [6.07, 6.45) is 6.92. The third-order valence-electron chi connectivity index (χ3n) is 6.01. The number of ether oxygens (including phenoxy) is 2. The molecular formula is C21H34NO3+. The molecule has 1 aromatic carbocycles. The summed E-state index contributed by atoms with van der Waals surface area (Å²) in [5.41, 5.74) is 0.353. The highest BCUT2D eigenvalue weighted by Crippen LogP contribution is 2.41. The van der Waals surface area contributed by atoms with Crippen molar-refractivity contribution in [3.63, 3.8) is 0 Å². The van der Waals surface area contributed by atoms with Crippen molar-refractivity contribution in [3.8, 4) is 5.75 Å². The summed E-state index contributed by atoms with van der Waals surface area (Å²) >= 11 is 0. The molecular weight excluding hydrogens is 314 g/mol. The molecule has 0 radical (unpaired) electrons. The molecule has 0 aromatic heterocycles. The highest BCUT2D eigenvalue weighted by molar-refractivity contribution is 5.31. The molecule has 2 N–H and O–H groups in total. The van der Waals surface area contributed by atoms with Crippen molar-refractivity contribution in [3.05, 3.63) is 29.8 Å². The topological polar surface area (TPSA) is 43.1 Å². The van der Waals surface area contributed by atoms with Crippen LogP contribution in [0.2, 0.25) is 0 Å². The molecule has 0 spiro atoms. The Morgan fingerprint density at radius 1 is 1.12 bits per heavy atom. The third-order valence-corrected chi connectivity index (χ3v) is 6.01. The monoisotopic (exact) mass is 348 g/mol. The first-order valence-corrected chi connectivity index (χ1v) is 10.1. The molecule has 0 amide bonds. The maximum atomic E-state index is 11.8. The molecule has 2 aliphatic rings. The Hall–Kier alpha value is -1.10. The van der Waals surface area contributed by atoms with Gasteiger partial charge < -0.3 is 19.5 Å². The second-order valence-corrected chi connectivity index (χ2v) is 7.58. The predicted octanol–water partition coefficient (Wildman–Crippen LogP) is 2.16. The van der Waals surface area contributed by atoms with Crippen LogP contribution < -0.4 is 9.64 Å². The second-order valence-electron chi connectivity index (χ2n) is 7.58. The van der Waals surface area contributed by atoms with Crippen LogP contribution in [-0.4, -0.2) is 44.6 Å². The van der Waals surface area contributed by atoms with E-state index in [0.29, 0.717) is 12.5 Å². The van der Waals surface area contributed by atoms with Gasteiger partial charge in [0, 0.05) is 6.42 Å². The first-order valence-electron chi connectivity index (χ1n) is 10.1. The minimum Gasteiger partial charge on any atom is -0.494 e. The fraction of sp³-hybridized carbons (Fsp3) is 0.714. The van der Waals surface area contributed by atoms with Gasteiger partial charge in [-0.25, -0.2) is 0 Å². The van der Waals surface area contributed by atoms with Gasteiger partial charge in [-0.05, 0) is 43.4 Å². The maximum absolute atomic E-state index is 11.8. The largest absolute Gasteiger partial charge is 0.494 e. The van der Waals surface area contributed by atoms with Crippen molar-refractivity contribution in [1.29, 1.82) is 0 Å². The number of rotatable bonds is 7. The fourth-order valence-corrected chi connectivity index (χ4v) is 4.45. The van der Waals surface area contributed by atoms with Crippen LogP contribution in [0.4, 0.5) is 0 Å². The molecule has 0 bridgehead atoms. The zero-order valence-electron chi connectivity index (χ0n) is 15.6. The molecule has 4 heteroatoms. The van der Waals surface area contributed by atoms with Gasteiger partial charge in [0.05, 0.1) is 32.0 Å². The smallest absolute Gasteiger partial charge is 0.119 e. The van der Waals surface area contributed by atoms with Gasteiger partial charge in [-0.3, -0.25) is 0 Å². The zero-order chi connectivity index (χ0) is 17.5. The molecule has 1 atom stereocenters. The number of hydrogen-bond acceptors (Lipinski definition) is 3. The molecule has 1 aliphatic heterocycles. The van der Waals surface area contributed by atoms with Gasteiger partial charge in [-0.2, -0.15) is 0 Å². The van der Waals surface area contributed by atoms with Gasteiger partial charge in [0.25, 0.3) is 0 Å². The summed E-state index contributed by atoms with van der Waals surface area (Å²) in [6.45, 7) is 7.50. The van der Waals surface area contributed by atoms with Crippen molar-refractivity contribution < 1.29 is 19.5 Å². The lowest BCUT2D eigenvalue weighted by Gasteiger charge is -2.40. The fourth-order valence-electron chi connectivity index (χ4n) is 4.45. The van der Waals surface area contributed by atoms with Crippen LogP contribution in [0.1, 0.15) is 51.0 Å². The van der Waals surface area contributed by atoms with Gasteiger partial charge in [0.2, 0.25) is 0 Å². The number of morpholine rings is 1. The number of quaternary nitrogens is 1. The number of benzene rings is 1. The summed E-state index contributed by atoms with van der Waals surface area (Å²) in [5, 5.41) is 11.8. The maximum Gasteiger partial charge on any atom is 0.119 e. The standard InChI is InChI=1S/C21H33NO3/c1-2-25-20-10-8-19(9-11-20)21(23,18-6-4-3-5-7-18)12-13-22-14-16-24-17-15-22/h8-11,18,23H,2-7,12-17H2,1H3/p+1/t21-/m0/s1. The molecule has 25 heavy (non-hydrogen) atoms. The van der Waals surface area contributed by atoms with Crippen molar-refractivity contribution in [2.75, 3.05) is 39.5 Å². The minimum atomic E-state index is -0.712. The third kappa shape index (κ3) is 4.75. The number of nitrogens with one attached hydrogen (secondary N) is 1. The van der Waals surface area contributed by atoms with E-state index in [9.17, 15) is 5.11 Å². The Morgan fingerprint density at radius 2 is 1.80 bits per heavy atom. The van der Waals surface area contributed by atoms with E-state index in [1.165, 1.54) is 19.3 Å². The van der Waals surface area contributed by atoms with E-state index in [2.05, 4.69) is 12.1 Å². The van der Waals surface area contributed by atoms with E-state index in [1.807, 2.05) is 19.1 Å². The van der Waals surface area contributed by atoms with Gasteiger partial charge in [-0.15, -0.1) is 0 Å². The molecule has 1 saturated heterocycles. The molecule has 1 aromatic rings. The molecule has 140 valence electrons. The SMILES string of the molecule is CCOc1ccc([C@](O)(CC[NH+]2CCOCC2)C2CCCCC2)cc1. The van der Waals surface area contributed by atoms with Crippen molar-refractivity contribution in [1.82, 2.24) is 0 Å². The van der Waals surface area contributed by atoms with E-state index in [0.717, 1.165) is 63.4 Å². The average molecular weight is 349 g/mol. The molecule has 0 unspecified atom stereocenters. The van der Waals surface area contributed by atoms with Crippen LogP contribution in [-0.2, 0) is 10.3 Å². The Morgan fingerprint density at radius 3 is 2.44 bits per heavy atom. The van der Waals surface area contributed by atoms with Crippen LogP contribution in [0, 0.1) is 5.92 Å². The van der Waals surface area contributed by atoms with E-state index in [4.69, 9.17) is 9.47 Å². The first kappa shape index (κ1) is 18.7. The Labute approximate surface area is 152 Å². The summed E-state index contributed by atoms with van der Waals surface area (Å²) in [7, 11) is 0. The van der Waals surface area contributed by atoms with Crippen LogP contribution in [0.25, 0.3) is 0 Å². The highest BCUT2D eigenvalue weighted by atomic mass is 16.5. The van der Waals surface area contributed by atoms with Crippen LogP contribution >= 0.6 is 0 Å². The van der Waals surface area contributed by atoms with Crippen LogP contribution in [0.3, 0.4) is 0 Å². The predicted molar refractivity (Wildman–Crippen MR) is 99.1 cm³/mol. The molecule has 2 fully saturated rings. The van der Waals surface area contributed by atoms with E-state index >= 15 is 0 Å². The molecule has 1 heterocycles. The summed E-state index contributed by atoms with van der Waals surface area (Å²) < 4.78 is 11.0. The summed E-state index contributed by atoms with van der Waals surface area (Å²) in [6, 6.07) is 8.17. The van der Waals surface area contributed by atoms with Crippen molar-refractivity contribution in [2.45, 2.75) is 51.0 Å². The lowest BCUT2D eigenvalue weighted by molar-refractivity contribution is -0.909. The molecule has 1 aliphatic carbocycles. The lowest BCUT2D eigenvalue weighted by Crippen LogP contribution is -3.14. The lowest BCUT2D eigenvalue weighted by atomic mass is 9.71. The van der Waals surface area contributed by atoms with E-state index < -0.39 is 5.60 Å². The highest BCUT2D eigenvalue weighted by Gasteiger charge is 2.39. The zero-order valence-corrected chi connectivity index (χ0v) is 15.6. The molecule has 3 rings (SSSR count). The normalized spacial score (nSPS) is 22.5. The minimum absolute atomic E-state index is 0.375. The summed E-state index contributed by atoms with van der Waals surface area (Å²) in [4.78, 5) is 1.56. The van der Waals surface area contributed by atoms with Gasteiger partial charge >= 0.3 is 0 Å².